The molecule has 0 radical (unpaired) electrons. The van der Waals surface area contributed by atoms with Crippen LogP contribution in [0, 0.1) is 0 Å². The number of ether oxygens (including phenoxy) is 2. The fourth-order valence-electron chi connectivity index (χ4n) is 5.16. The number of phosphoric acid groups is 1. The van der Waals surface area contributed by atoms with E-state index in [0.717, 1.165) is 38.5 Å². The lowest BCUT2D eigenvalue weighted by Gasteiger charge is -2.19. The average molecular weight is 806 g/mol. The van der Waals surface area contributed by atoms with Crippen LogP contribution in [0.4, 0.5) is 0 Å². The van der Waals surface area contributed by atoms with Crippen LogP contribution in [-0.4, -0.2) is 60.5 Å². The van der Waals surface area contributed by atoms with Crippen molar-refractivity contribution < 1.29 is 42.7 Å². The van der Waals surface area contributed by atoms with Gasteiger partial charge in [-0.15, -0.1) is 0 Å². The summed E-state index contributed by atoms with van der Waals surface area (Å²) in [6.45, 7) is 3.39. The van der Waals surface area contributed by atoms with Crippen LogP contribution < -0.4 is 5.73 Å². The Morgan fingerprint density at radius 2 is 1.14 bits per heavy atom. The van der Waals surface area contributed by atoms with E-state index in [2.05, 4.69) is 68.5 Å². The summed E-state index contributed by atoms with van der Waals surface area (Å²) in [4.78, 5) is 34.8. The first-order valence-corrected chi connectivity index (χ1v) is 22.7. The van der Waals surface area contributed by atoms with E-state index in [9.17, 15) is 24.2 Å². The zero-order chi connectivity index (χ0) is 41.2. The Balaban J connectivity index is 4.47. The zero-order valence-electron chi connectivity index (χ0n) is 34.7. The van der Waals surface area contributed by atoms with E-state index in [1.165, 1.54) is 57.8 Å². The Bertz CT molecular complexity index is 1210. The smallest absolute Gasteiger partial charge is 0.462 e. The van der Waals surface area contributed by atoms with Gasteiger partial charge in [-0.3, -0.25) is 18.6 Å². The predicted octanol–water partition coefficient (Wildman–Crippen LogP) is 11.0. The highest BCUT2D eigenvalue weighted by Gasteiger charge is 2.26. The Kier molecular flexibility index (Phi) is 38.3. The van der Waals surface area contributed by atoms with Gasteiger partial charge in [-0.2, -0.15) is 0 Å². The van der Waals surface area contributed by atoms with Gasteiger partial charge in [-0.25, -0.2) is 4.57 Å². The molecule has 4 N–H and O–H groups in total. The van der Waals surface area contributed by atoms with E-state index in [1.54, 1.807) is 12.2 Å². The van der Waals surface area contributed by atoms with Crippen molar-refractivity contribution >= 4 is 19.8 Å². The third kappa shape index (κ3) is 39.4. The molecule has 0 fully saturated rings. The van der Waals surface area contributed by atoms with Gasteiger partial charge in [0.15, 0.2) is 6.10 Å². The lowest BCUT2D eigenvalue weighted by atomic mass is 10.1. The van der Waals surface area contributed by atoms with Gasteiger partial charge in [0, 0.05) is 19.4 Å². The number of carbonyl (C=O) groups is 2. The molecule has 0 heterocycles. The summed E-state index contributed by atoms with van der Waals surface area (Å²) in [5, 5.41) is 10.2. The molecule has 56 heavy (non-hydrogen) atoms. The molecule has 11 heteroatoms. The number of allylic oxidation sites excluding steroid dienone is 13. The predicted molar refractivity (Wildman–Crippen MR) is 230 cm³/mol. The molecule has 3 atom stereocenters. The van der Waals surface area contributed by atoms with Gasteiger partial charge in [-0.1, -0.05) is 144 Å². The van der Waals surface area contributed by atoms with Gasteiger partial charge in [0.1, 0.15) is 6.61 Å². The lowest BCUT2D eigenvalue weighted by molar-refractivity contribution is -0.161. The van der Waals surface area contributed by atoms with Crippen LogP contribution in [0.5, 0.6) is 0 Å². The molecule has 0 spiro atoms. The normalized spacial score (nSPS) is 14.7. The number of aliphatic hydroxyl groups excluding tert-OH is 1. The number of unbranched alkanes of at least 4 members (excludes halogenated alkanes) is 10. The Hall–Kier alpha value is -2.85. The second-order valence-corrected chi connectivity index (χ2v) is 15.2. The minimum atomic E-state index is -4.44. The zero-order valence-corrected chi connectivity index (χ0v) is 35.6. The third-order valence-electron chi connectivity index (χ3n) is 8.36. The van der Waals surface area contributed by atoms with E-state index >= 15 is 0 Å². The summed E-state index contributed by atoms with van der Waals surface area (Å²) < 4.78 is 32.5. The maximum absolute atomic E-state index is 12.6. The SMILES string of the molecule is CCCCC/C=C\C/C=C\C/C=C\C=C\[C@@H](O)CCCC(=O)OC[C@H](COP(=O)(O)OCCN)OC(=O)CCC/C=C\C/C=C\C/C=C\CCCCCCCC. The average Bonchev–Trinajstić information content (AvgIpc) is 3.18. The summed E-state index contributed by atoms with van der Waals surface area (Å²) in [6, 6.07) is 0. The topological polar surface area (TPSA) is 155 Å². The van der Waals surface area contributed by atoms with Crippen molar-refractivity contribution in [1.29, 1.82) is 0 Å². The molecular formula is C45H76NO9P. The summed E-state index contributed by atoms with van der Waals surface area (Å²) in [7, 11) is -4.44. The van der Waals surface area contributed by atoms with Crippen molar-refractivity contribution in [2.45, 2.75) is 161 Å². The molecule has 1 unspecified atom stereocenters. The second kappa shape index (κ2) is 40.4. The number of hydrogen-bond donors (Lipinski definition) is 3. The number of hydrogen-bond acceptors (Lipinski definition) is 9. The number of phosphoric ester groups is 1. The number of esters is 2. The van der Waals surface area contributed by atoms with E-state index in [0.29, 0.717) is 25.7 Å². The molecule has 0 amide bonds. The fraction of sp³-hybridized carbons (Fsp3) is 0.644. The molecule has 0 bridgehead atoms. The second-order valence-electron chi connectivity index (χ2n) is 13.7. The van der Waals surface area contributed by atoms with Crippen LogP contribution in [0.25, 0.3) is 0 Å². The van der Waals surface area contributed by atoms with Crippen molar-refractivity contribution in [2.24, 2.45) is 5.73 Å². The van der Waals surface area contributed by atoms with Crippen LogP contribution >= 0.6 is 7.82 Å². The van der Waals surface area contributed by atoms with Crippen LogP contribution in [0.2, 0.25) is 0 Å². The van der Waals surface area contributed by atoms with Crippen LogP contribution in [0.3, 0.4) is 0 Å². The summed E-state index contributed by atoms with van der Waals surface area (Å²) >= 11 is 0. The number of rotatable bonds is 38. The largest absolute Gasteiger partial charge is 0.472 e. The highest BCUT2D eigenvalue weighted by atomic mass is 31.2. The molecule has 0 aromatic heterocycles. The molecule has 0 aromatic carbocycles. The van der Waals surface area contributed by atoms with E-state index < -0.39 is 38.6 Å². The molecule has 0 aliphatic heterocycles. The Morgan fingerprint density at radius 3 is 1.77 bits per heavy atom. The first-order chi connectivity index (χ1) is 27.2. The number of nitrogens with two attached hydrogens (primary N) is 1. The van der Waals surface area contributed by atoms with Crippen molar-refractivity contribution in [2.75, 3.05) is 26.4 Å². The molecule has 0 saturated carbocycles. The van der Waals surface area contributed by atoms with Crippen molar-refractivity contribution in [3.05, 3.63) is 85.1 Å². The van der Waals surface area contributed by atoms with Crippen LogP contribution in [0.1, 0.15) is 149 Å². The highest BCUT2D eigenvalue weighted by Crippen LogP contribution is 2.43. The van der Waals surface area contributed by atoms with Crippen molar-refractivity contribution in [3.63, 3.8) is 0 Å². The fourth-order valence-corrected chi connectivity index (χ4v) is 5.93. The van der Waals surface area contributed by atoms with Crippen LogP contribution in [0.15, 0.2) is 85.1 Å². The van der Waals surface area contributed by atoms with E-state index in [4.69, 9.17) is 24.3 Å². The lowest BCUT2D eigenvalue weighted by Crippen LogP contribution is -2.29. The van der Waals surface area contributed by atoms with Crippen LogP contribution in [-0.2, 0) is 32.7 Å². The molecule has 10 nitrogen and oxygen atoms in total. The molecule has 0 aliphatic carbocycles. The number of carbonyl (C=O) groups excluding carboxylic acids is 2. The number of aliphatic hydroxyl groups is 1. The van der Waals surface area contributed by atoms with Gasteiger partial charge >= 0.3 is 19.8 Å². The molecule has 0 rings (SSSR count). The van der Waals surface area contributed by atoms with E-state index in [-0.39, 0.29) is 32.6 Å². The molecule has 0 aliphatic rings. The standard InChI is InChI=1S/C45H76NO9P/c1-3-5-7-9-11-13-15-17-18-19-20-22-24-26-28-30-32-36-45(49)55-43(41-54-56(50,51)53-39-38-46)40-52-44(48)37-33-35-42(47)34-31-29-27-25-23-21-16-14-12-10-8-6-4-2/h12,14,17-18,20-23,26-29,31,34,42-43,47H,3-11,13,15-16,19,24-25,30,32-33,35-41,46H2,1-2H3,(H,50,51)/b14-12-,18-17-,22-20-,23-21-,28-26-,29-27-,34-31+/t42-,43-/m1/s1. The van der Waals surface area contributed by atoms with Gasteiger partial charge in [0.2, 0.25) is 0 Å². The molecule has 320 valence electrons. The Morgan fingerprint density at radius 1 is 0.625 bits per heavy atom. The monoisotopic (exact) mass is 806 g/mol. The van der Waals surface area contributed by atoms with E-state index in [1.807, 2.05) is 18.2 Å². The quantitative estimate of drug-likeness (QED) is 0.0180. The molecular weight excluding hydrogens is 729 g/mol. The summed E-state index contributed by atoms with van der Waals surface area (Å²) in [5.41, 5.74) is 5.33. The van der Waals surface area contributed by atoms with Crippen molar-refractivity contribution in [1.82, 2.24) is 0 Å². The maximum atomic E-state index is 12.6. The molecule has 0 saturated heterocycles. The highest BCUT2D eigenvalue weighted by molar-refractivity contribution is 7.47. The van der Waals surface area contributed by atoms with Gasteiger partial charge in [0.25, 0.3) is 0 Å². The minimum absolute atomic E-state index is 0.0156. The first-order valence-electron chi connectivity index (χ1n) is 21.2. The van der Waals surface area contributed by atoms with Gasteiger partial charge in [0.05, 0.1) is 19.3 Å². The van der Waals surface area contributed by atoms with Gasteiger partial charge < -0.3 is 25.2 Å². The van der Waals surface area contributed by atoms with Gasteiger partial charge in [-0.05, 0) is 77.0 Å². The van der Waals surface area contributed by atoms with Crippen molar-refractivity contribution in [3.8, 4) is 0 Å². The Labute approximate surface area is 339 Å². The maximum Gasteiger partial charge on any atom is 0.472 e. The third-order valence-corrected chi connectivity index (χ3v) is 9.34. The summed E-state index contributed by atoms with van der Waals surface area (Å²) in [5.74, 6) is -1.10. The minimum Gasteiger partial charge on any atom is -0.462 e. The summed E-state index contributed by atoms with van der Waals surface area (Å²) in [6.07, 6.45) is 46.5. The first kappa shape index (κ1) is 53.1. The molecule has 0 aromatic rings.